The van der Waals surface area contributed by atoms with Crippen LogP contribution in [0, 0.1) is 0 Å². The first-order valence-corrected chi connectivity index (χ1v) is 12.1. The standard InChI is InChI=1S/C25H26N4O4S.ClH/c1-15(2)22-24(31)29(25(32)34-22)14-16-3-4-21-19(10-16)20(23(30)27-21)11-18-9-17(12-26-18)13-28-5-7-33-8-6-28;/h3-4,9-12,26H,5-8,13-14H2,1-2H3,(H,27,30);1H. The molecule has 5 rings (SSSR count). The number of fused-ring (bicyclic) bond motifs is 1. The van der Waals surface area contributed by atoms with Gasteiger partial charge in [-0.3, -0.25) is 24.2 Å². The van der Waals surface area contributed by atoms with Crippen molar-refractivity contribution in [2.24, 2.45) is 0 Å². The van der Waals surface area contributed by atoms with Crippen LogP contribution in [-0.4, -0.2) is 58.1 Å². The second-order valence-corrected chi connectivity index (χ2v) is 9.79. The van der Waals surface area contributed by atoms with Crippen molar-refractivity contribution < 1.29 is 19.1 Å². The average Bonchev–Trinajstić information content (AvgIpc) is 3.47. The van der Waals surface area contributed by atoms with Crippen LogP contribution >= 0.6 is 24.2 Å². The second-order valence-electron chi connectivity index (χ2n) is 8.83. The van der Waals surface area contributed by atoms with Crippen molar-refractivity contribution in [1.29, 1.82) is 0 Å². The van der Waals surface area contributed by atoms with Gasteiger partial charge in [-0.2, -0.15) is 0 Å². The van der Waals surface area contributed by atoms with Gasteiger partial charge in [0.05, 0.1) is 30.2 Å². The summed E-state index contributed by atoms with van der Waals surface area (Å²) < 4.78 is 5.41. The van der Waals surface area contributed by atoms with Crippen molar-refractivity contribution in [2.45, 2.75) is 26.9 Å². The Kier molecular flexibility index (Phi) is 7.51. The van der Waals surface area contributed by atoms with Gasteiger partial charge in [0.15, 0.2) is 0 Å². The number of morpholine rings is 1. The number of hydrogen-bond donors (Lipinski definition) is 2. The summed E-state index contributed by atoms with van der Waals surface area (Å²) in [7, 11) is 0. The van der Waals surface area contributed by atoms with Crippen molar-refractivity contribution in [2.75, 3.05) is 31.6 Å². The molecule has 0 aliphatic carbocycles. The summed E-state index contributed by atoms with van der Waals surface area (Å²) in [5.41, 5.74) is 5.66. The van der Waals surface area contributed by atoms with E-state index < -0.39 is 0 Å². The van der Waals surface area contributed by atoms with Gasteiger partial charge in [0.2, 0.25) is 0 Å². The van der Waals surface area contributed by atoms with Gasteiger partial charge in [-0.1, -0.05) is 11.6 Å². The van der Waals surface area contributed by atoms with E-state index >= 15 is 0 Å². The lowest BCUT2D eigenvalue weighted by molar-refractivity contribution is -0.123. The van der Waals surface area contributed by atoms with Gasteiger partial charge in [0.1, 0.15) is 0 Å². The molecule has 2 fully saturated rings. The van der Waals surface area contributed by atoms with Crippen LogP contribution in [0.5, 0.6) is 0 Å². The van der Waals surface area contributed by atoms with E-state index in [1.54, 1.807) is 0 Å². The first-order valence-electron chi connectivity index (χ1n) is 11.2. The van der Waals surface area contributed by atoms with E-state index in [0.717, 1.165) is 78.3 Å². The molecule has 35 heavy (non-hydrogen) atoms. The maximum absolute atomic E-state index is 12.7. The number of carbonyl (C=O) groups excluding carboxylic acids is 3. The molecule has 0 saturated carbocycles. The number of imide groups is 1. The smallest absolute Gasteiger partial charge is 0.293 e. The molecule has 10 heteroatoms. The predicted octanol–water partition coefficient (Wildman–Crippen LogP) is 4.25. The van der Waals surface area contributed by atoms with Gasteiger partial charge in [0.25, 0.3) is 17.1 Å². The van der Waals surface area contributed by atoms with Gasteiger partial charge in [0, 0.05) is 42.8 Å². The van der Waals surface area contributed by atoms with E-state index in [0.29, 0.717) is 10.5 Å². The molecule has 0 spiro atoms. The third kappa shape index (κ3) is 5.23. The zero-order valence-electron chi connectivity index (χ0n) is 19.6. The molecule has 0 atom stereocenters. The number of allylic oxidation sites excluding steroid dienone is 1. The van der Waals surface area contributed by atoms with Gasteiger partial charge < -0.3 is 15.0 Å². The lowest BCUT2D eigenvalue weighted by Gasteiger charge is -2.25. The summed E-state index contributed by atoms with van der Waals surface area (Å²) in [4.78, 5) is 45.0. The monoisotopic (exact) mass is 514 g/mol. The predicted molar refractivity (Wildman–Crippen MR) is 139 cm³/mol. The van der Waals surface area contributed by atoms with Gasteiger partial charge in [-0.15, -0.1) is 12.4 Å². The average molecular weight is 515 g/mol. The number of nitrogens with one attached hydrogen (secondary N) is 2. The van der Waals surface area contributed by atoms with Crippen molar-refractivity contribution in [3.8, 4) is 0 Å². The summed E-state index contributed by atoms with van der Waals surface area (Å²) in [6.07, 6.45) is 3.81. The van der Waals surface area contributed by atoms with Crippen molar-refractivity contribution in [3.05, 3.63) is 63.3 Å². The van der Waals surface area contributed by atoms with Crippen molar-refractivity contribution in [3.63, 3.8) is 0 Å². The molecule has 1 aromatic carbocycles. The fraction of sp³-hybridized carbons (Fsp3) is 0.320. The topological polar surface area (TPSA) is 94.7 Å². The van der Waals surface area contributed by atoms with Gasteiger partial charge in [-0.25, -0.2) is 0 Å². The SMILES string of the molecule is CC(C)=C1SC(=O)N(Cc2ccc3c(c2)C(=Cc2cc(CN4CCOCC4)c[nH]2)C(=O)N3)C1=O.Cl. The van der Waals surface area contributed by atoms with Crippen LogP contribution in [0.3, 0.4) is 0 Å². The van der Waals surface area contributed by atoms with Crippen LogP contribution in [0.25, 0.3) is 11.6 Å². The number of amides is 3. The van der Waals surface area contributed by atoms with E-state index in [4.69, 9.17) is 4.74 Å². The number of ether oxygens (including phenoxy) is 1. The number of benzene rings is 1. The van der Waals surface area contributed by atoms with E-state index in [1.807, 2.05) is 44.3 Å². The highest BCUT2D eigenvalue weighted by Crippen LogP contribution is 2.37. The van der Waals surface area contributed by atoms with Crippen molar-refractivity contribution in [1.82, 2.24) is 14.8 Å². The van der Waals surface area contributed by atoms with Crippen LogP contribution in [-0.2, 0) is 27.4 Å². The third-order valence-electron chi connectivity index (χ3n) is 6.09. The molecule has 2 N–H and O–H groups in total. The molecular formula is C25H27ClN4O4S. The summed E-state index contributed by atoms with van der Waals surface area (Å²) in [5.74, 6) is -0.438. The molecule has 184 valence electrons. The minimum Gasteiger partial charge on any atom is -0.379 e. The first kappa shape index (κ1) is 25.2. The molecule has 1 aromatic heterocycles. The lowest BCUT2D eigenvalue weighted by atomic mass is 10.0. The zero-order valence-corrected chi connectivity index (χ0v) is 21.2. The zero-order chi connectivity index (χ0) is 23.8. The largest absolute Gasteiger partial charge is 0.379 e. The Morgan fingerprint density at radius 3 is 2.57 bits per heavy atom. The first-order chi connectivity index (χ1) is 16.4. The van der Waals surface area contributed by atoms with Crippen LogP contribution in [0.1, 0.15) is 36.2 Å². The van der Waals surface area contributed by atoms with Crippen LogP contribution < -0.4 is 5.32 Å². The summed E-state index contributed by atoms with van der Waals surface area (Å²) in [5, 5.41) is 2.63. The number of carbonyl (C=O) groups is 3. The maximum Gasteiger partial charge on any atom is 0.293 e. The molecule has 3 aliphatic rings. The molecule has 8 nitrogen and oxygen atoms in total. The third-order valence-corrected chi connectivity index (χ3v) is 7.27. The highest BCUT2D eigenvalue weighted by molar-refractivity contribution is 8.18. The normalized spacial score (nSPS) is 19.3. The fourth-order valence-electron chi connectivity index (χ4n) is 4.31. The van der Waals surface area contributed by atoms with E-state index in [-0.39, 0.29) is 36.0 Å². The number of nitrogens with zero attached hydrogens (tertiary/aromatic N) is 2. The Labute approximate surface area is 214 Å². The van der Waals surface area contributed by atoms with Crippen LogP contribution in [0.4, 0.5) is 10.5 Å². The highest BCUT2D eigenvalue weighted by Gasteiger charge is 2.36. The molecule has 3 aliphatic heterocycles. The molecule has 0 bridgehead atoms. The Hall–Kier alpha value is -2.85. The van der Waals surface area contributed by atoms with Crippen molar-refractivity contribution >= 4 is 58.6 Å². The Morgan fingerprint density at radius 1 is 1.09 bits per heavy atom. The maximum atomic E-state index is 12.7. The highest BCUT2D eigenvalue weighted by atomic mass is 35.5. The van der Waals surface area contributed by atoms with Gasteiger partial charge in [-0.05, 0) is 61.0 Å². The van der Waals surface area contributed by atoms with Crippen LogP contribution in [0.15, 0.2) is 40.9 Å². The van der Waals surface area contributed by atoms with Gasteiger partial charge >= 0.3 is 0 Å². The minimum absolute atomic E-state index is 0. The minimum atomic E-state index is -0.272. The number of aromatic amines is 1. The molecule has 0 radical (unpaired) electrons. The Bertz CT molecular complexity index is 1240. The van der Waals surface area contributed by atoms with Crippen LogP contribution in [0.2, 0.25) is 0 Å². The molecule has 2 saturated heterocycles. The number of hydrogen-bond acceptors (Lipinski definition) is 6. The molecule has 4 heterocycles. The lowest BCUT2D eigenvalue weighted by Crippen LogP contribution is -2.35. The molecular weight excluding hydrogens is 488 g/mol. The molecule has 0 unspecified atom stereocenters. The fourth-order valence-corrected chi connectivity index (χ4v) is 5.14. The van der Waals surface area contributed by atoms with E-state index in [2.05, 4.69) is 21.3 Å². The number of thioether (sulfide) groups is 1. The Balaban J connectivity index is 0.00000289. The summed E-state index contributed by atoms with van der Waals surface area (Å²) >= 11 is 0.977. The summed E-state index contributed by atoms with van der Waals surface area (Å²) in [6, 6.07) is 7.59. The van der Waals surface area contributed by atoms with E-state index in [1.165, 1.54) is 4.90 Å². The van der Waals surface area contributed by atoms with E-state index in [9.17, 15) is 14.4 Å². The number of aromatic nitrogens is 1. The number of halogens is 1. The second kappa shape index (κ2) is 10.4. The number of H-pyrrole nitrogens is 1. The molecule has 2 aromatic rings. The number of rotatable bonds is 5. The number of anilines is 1. The Morgan fingerprint density at radius 2 is 1.86 bits per heavy atom. The summed E-state index contributed by atoms with van der Waals surface area (Å²) in [6.45, 7) is 7.99. The molecule has 3 amide bonds. The quantitative estimate of drug-likeness (QED) is 0.579.